The van der Waals surface area contributed by atoms with Crippen molar-refractivity contribution in [2.45, 2.75) is 38.3 Å². The molecule has 2 unspecified atom stereocenters. The number of hydrogen-bond donors (Lipinski definition) is 1. The van der Waals surface area contributed by atoms with Gasteiger partial charge in [-0.15, -0.1) is 0 Å². The second kappa shape index (κ2) is 4.93. The molecular weight excluding hydrogens is 212 g/mol. The topological polar surface area (TPSA) is 56.3 Å². The summed E-state index contributed by atoms with van der Waals surface area (Å²) in [6.07, 6.45) is 2.27. The van der Waals surface area contributed by atoms with E-state index >= 15 is 0 Å². The molecule has 1 heterocycles. The van der Waals surface area contributed by atoms with Crippen molar-refractivity contribution in [1.82, 2.24) is 9.80 Å². The number of nitrogens with two attached hydrogens (primary N) is 1. The van der Waals surface area contributed by atoms with Crippen LogP contribution in [0.2, 0.25) is 0 Å². The van der Waals surface area contributed by atoms with Crippen LogP contribution in [-0.2, 0) is 0 Å². The minimum atomic E-state index is -0.603. The Labute approximate surface area is 104 Å². The summed E-state index contributed by atoms with van der Waals surface area (Å²) in [4.78, 5) is 4.86. The lowest BCUT2D eigenvalue weighted by atomic mass is 9.95. The van der Waals surface area contributed by atoms with Crippen molar-refractivity contribution in [2.75, 3.05) is 32.7 Å². The Balaban J connectivity index is 1.90. The first-order chi connectivity index (χ1) is 8.09. The summed E-state index contributed by atoms with van der Waals surface area (Å²) in [5.41, 5.74) is 5.63. The van der Waals surface area contributed by atoms with E-state index in [0.717, 1.165) is 45.6 Å². The van der Waals surface area contributed by atoms with E-state index in [-0.39, 0.29) is 0 Å². The molecule has 1 saturated heterocycles. The zero-order valence-electron chi connectivity index (χ0n) is 11.0. The molecule has 1 saturated carbocycles. The van der Waals surface area contributed by atoms with Gasteiger partial charge in [-0.05, 0) is 32.2 Å². The van der Waals surface area contributed by atoms with Gasteiger partial charge in [0.05, 0.1) is 6.07 Å². The molecule has 0 aromatic rings. The maximum absolute atomic E-state index is 9.28. The van der Waals surface area contributed by atoms with Crippen molar-refractivity contribution in [3.05, 3.63) is 0 Å². The Morgan fingerprint density at radius 3 is 2.59 bits per heavy atom. The van der Waals surface area contributed by atoms with Gasteiger partial charge in [-0.1, -0.05) is 6.92 Å². The predicted molar refractivity (Wildman–Crippen MR) is 68.4 cm³/mol. The number of rotatable bonds is 4. The van der Waals surface area contributed by atoms with Gasteiger partial charge in [0.2, 0.25) is 0 Å². The van der Waals surface area contributed by atoms with Crippen LogP contribution in [0.5, 0.6) is 0 Å². The lowest BCUT2D eigenvalue weighted by molar-refractivity contribution is 0.0759. The zero-order valence-corrected chi connectivity index (χ0v) is 11.0. The Kier molecular flexibility index (Phi) is 3.72. The molecule has 1 aliphatic carbocycles. The Morgan fingerprint density at radius 1 is 1.41 bits per heavy atom. The molecular formula is C13H24N4. The van der Waals surface area contributed by atoms with Gasteiger partial charge in [0, 0.05) is 32.2 Å². The van der Waals surface area contributed by atoms with E-state index < -0.39 is 5.54 Å². The van der Waals surface area contributed by atoms with Crippen molar-refractivity contribution in [2.24, 2.45) is 11.7 Å². The van der Waals surface area contributed by atoms with Crippen LogP contribution in [0, 0.1) is 17.2 Å². The first-order valence-corrected chi connectivity index (χ1v) is 6.75. The van der Waals surface area contributed by atoms with E-state index in [0.29, 0.717) is 12.0 Å². The fourth-order valence-corrected chi connectivity index (χ4v) is 2.91. The predicted octanol–water partition coefficient (Wildman–Crippen LogP) is 0.643. The molecule has 17 heavy (non-hydrogen) atoms. The van der Waals surface area contributed by atoms with Gasteiger partial charge in [0.15, 0.2) is 0 Å². The molecule has 0 radical (unpaired) electrons. The molecule has 2 aliphatic rings. The summed E-state index contributed by atoms with van der Waals surface area (Å²) >= 11 is 0. The van der Waals surface area contributed by atoms with Crippen LogP contribution in [0.1, 0.15) is 26.7 Å². The molecule has 2 atom stereocenters. The standard InChI is InChI=1S/C13H24N4/c1-3-17-7-6-16(8-11(17)2)10-13(15,9-14)12-4-5-12/h11-12H,3-8,10,15H2,1-2H3. The van der Waals surface area contributed by atoms with Crippen molar-refractivity contribution in [3.8, 4) is 6.07 Å². The van der Waals surface area contributed by atoms with Crippen molar-refractivity contribution < 1.29 is 0 Å². The third-order valence-corrected chi connectivity index (χ3v) is 4.25. The van der Waals surface area contributed by atoms with Gasteiger partial charge in [0.1, 0.15) is 5.54 Å². The van der Waals surface area contributed by atoms with Gasteiger partial charge in [-0.25, -0.2) is 0 Å². The Hall–Kier alpha value is -0.630. The van der Waals surface area contributed by atoms with Crippen molar-refractivity contribution in [1.29, 1.82) is 5.26 Å². The van der Waals surface area contributed by atoms with Crippen LogP contribution < -0.4 is 5.73 Å². The molecule has 0 spiro atoms. The zero-order chi connectivity index (χ0) is 12.5. The van der Waals surface area contributed by atoms with E-state index in [4.69, 9.17) is 5.73 Å². The average molecular weight is 236 g/mol. The summed E-state index contributed by atoms with van der Waals surface area (Å²) in [6.45, 7) is 9.52. The highest BCUT2D eigenvalue weighted by atomic mass is 15.3. The molecule has 4 heteroatoms. The van der Waals surface area contributed by atoms with Gasteiger partial charge in [0.25, 0.3) is 0 Å². The summed E-state index contributed by atoms with van der Waals surface area (Å²) in [7, 11) is 0. The number of nitriles is 1. The number of piperazine rings is 1. The molecule has 2 N–H and O–H groups in total. The highest BCUT2D eigenvalue weighted by Gasteiger charge is 2.44. The maximum atomic E-state index is 9.28. The van der Waals surface area contributed by atoms with E-state index in [2.05, 4.69) is 29.7 Å². The third-order valence-electron chi connectivity index (χ3n) is 4.25. The highest BCUT2D eigenvalue weighted by Crippen LogP contribution is 2.38. The fourth-order valence-electron chi connectivity index (χ4n) is 2.91. The fraction of sp³-hybridized carbons (Fsp3) is 0.923. The van der Waals surface area contributed by atoms with Gasteiger partial charge in [-0.2, -0.15) is 5.26 Å². The Bertz CT molecular complexity index is 307. The third kappa shape index (κ3) is 2.79. The SMILES string of the molecule is CCN1CCN(CC(N)(C#N)C2CC2)CC1C. The average Bonchev–Trinajstić information content (AvgIpc) is 3.13. The lowest BCUT2D eigenvalue weighted by Crippen LogP contribution is -2.58. The van der Waals surface area contributed by atoms with E-state index in [1.54, 1.807) is 0 Å². The second-order valence-electron chi connectivity index (χ2n) is 5.64. The monoisotopic (exact) mass is 236 g/mol. The molecule has 2 rings (SSSR count). The van der Waals surface area contributed by atoms with Crippen LogP contribution >= 0.6 is 0 Å². The molecule has 4 nitrogen and oxygen atoms in total. The quantitative estimate of drug-likeness (QED) is 0.778. The lowest BCUT2D eigenvalue weighted by Gasteiger charge is -2.41. The van der Waals surface area contributed by atoms with E-state index in [9.17, 15) is 5.26 Å². The smallest absolute Gasteiger partial charge is 0.119 e. The second-order valence-corrected chi connectivity index (χ2v) is 5.64. The normalized spacial score (nSPS) is 30.8. The van der Waals surface area contributed by atoms with Gasteiger partial charge in [-0.3, -0.25) is 9.80 Å². The number of hydrogen-bond acceptors (Lipinski definition) is 4. The van der Waals surface area contributed by atoms with E-state index in [1.807, 2.05) is 0 Å². The molecule has 0 amide bonds. The highest BCUT2D eigenvalue weighted by molar-refractivity contribution is 5.15. The summed E-state index contributed by atoms with van der Waals surface area (Å²) in [5.74, 6) is 0.437. The summed E-state index contributed by atoms with van der Waals surface area (Å²) < 4.78 is 0. The first kappa shape index (κ1) is 12.8. The van der Waals surface area contributed by atoms with Crippen LogP contribution in [0.15, 0.2) is 0 Å². The van der Waals surface area contributed by atoms with Gasteiger partial charge < -0.3 is 5.73 Å². The molecule has 0 aromatic heterocycles. The number of nitrogens with zero attached hydrogens (tertiary/aromatic N) is 3. The van der Waals surface area contributed by atoms with Crippen molar-refractivity contribution in [3.63, 3.8) is 0 Å². The van der Waals surface area contributed by atoms with Crippen molar-refractivity contribution >= 4 is 0 Å². The minimum Gasteiger partial charge on any atom is -0.312 e. The largest absolute Gasteiger partial charge is 0.312 e. The van der Waals surface area contributed by atoms with Crippen LogP contribution in [0.25, 0.3) is 0 Å². The minimum absolute atomic E-state index is 0.437. The van der Waals surface area contributed by atoms with Crippen LogP contribution in [0.3, 0.4) is 0 Å². The van der Waals surface area contributed by atoms with E-state index in [1.165, 1.54) is 0 Å². The van der Waals surface area contributed by atoms with Crippen LogP contribution in [-0.4, -0.2) is 54.1 Å². The molecule has 96 valence electrons. The molecule has 0 aromatic carbocycles. The first-order valence-electron chi connectivity index (χ1n) is 6.75. The van der Waals surface area contributed by atoms with Crippen LogP contribution in [0.4, 0.5) is 0 Å². The number of likely N-dealkylation sites (N-methyl/N-ethyl adjacent to an activating group) is 1. The molecule has 1 aliphatic heterocycles. The summed E-state index contributed by atoms with van der Waals surface area (Å²) in [5, 5.41) is 9.28. The molecule has 2 fully saturated rings. The Morgan fingerprint density at radius 2 is 2.12 bits per heavy atom. The maximum Gasteiger partial charge on any atom is 0.119 e. The van der Waals surface area contributed by atoms with Gasteiger partial charge >= 0.3 is 0 Å². The molecule has 0 bridgehead atoms. The summed E-state index contributed by atoms with van der Waals surface area (Å²) in [6, 6.07) is 2.93.